The number of benzene rings is 2. The fraction of sp³-hybridized carbons (Fsp3) is 0.111. The molecule has 0 radical (unpaired) electrons. The summed E-state index contributed by atoms with van der Waals surface area (Å²) in [7, 11) is 0. The molecule has 2 aromatic rings. The molecular weight excluding hydrogens is 322 g/mol. The van der Waals surface area contributed by atoms with E-state index in [1.54, 1.807) is 48.5 Å². The highest BCUT2D eigenvalue weighted by atomic mass is 16.2. The predicted molar refractivity (Wildman–Crippen MR) is 91.2 cm³/mol. The van der Waals surface area contributed by atoms with Crippen LogP contribution in [0.15, 0.2) is 48.5 Å². The van der Waals surface area contributed by atoms with Gasteiger partial charge in [-0.3, -0.25) is 24.1 Å². The van der Waals surface area contributed by atoms with Gasteiger partial charge in [0.25, 0.3) is 11.8 Å². The van der Waals surface area contributed by atoms with Gasteiger partial charge in [-0.1, -0.05) is 12.1 Å². The van der Waals surface area contributed by atoms with Crippen molar-refractivity contribution in [1.29, 1.82) is 0 Å². The maximum Gasteiger partial charge on any atom is 0.262 e. The number of hydrogen-bond donors (Lipinski definition) is 2. The number of fused-ring (bicyclic) bond motifs is 1. The summed E-state index contributed by atoms with van der Waals surface area (Å²) in [6.07, 6.45) is 0. The van der Waals surface area contributed by atoms with Crippen LogP contribution in [0.1, 0.15) is 27.6 Å². The van der Waals surface area contributed by atoms with Crippen molar-refractivity contribution in [3.8, 4) is 0 Å². The lowest BCUT2D eigenvalue weighted by Crippen LogP contribution is -2.37. The van der Waals surface area contributed by atoms with Crippen molar-refractivity contribution in [2.45, 2.75) is 6.92 Å². The molecule has 0 atom stereocenters. The lowest BCUT2D eigenvalue weighted by Gasteiger charge is -2.13. The van der Waals surface area contributed by atoms with Crippen LogP contribution in [0, 0.1) is 0 Å². The molecule has 4 amide bonds. The van der Waals surface area contributed by atoms with Crippen molar-refractivity contribution in [2.24, 2.45) is 0 Å². The number of amides is 4. The summed E-state index contributed by atoms with van der Waals surface area (Å²) < 4.78 is 0. The van der Waals surface area contributed by atoms with Gasteiger partial charge in [-0.25, -0.2) is 0 Å². The van der Waals surface area contributed by atoms with Crippen LogP contribution >= 0.6 is 0 Å². The molecule has 0 bridgehead atoms. The molecule has 0 unspecified atom stereocenters. The second kappa shape index (κ2) is 6.56. The molecule has 7 heteroatoms. The minimum atomic E-state index is -0.484. The zero-order valence-corrected chi connectivity index (χ0v) is 13.4. The molecule has 1 aliphatic rings. The highest BCUT2D eigenvalue weighted by molar-refractivity contribution is 6.22. The number of rotatable bonds is 4. The Kier molecular flexibility index (Phi) is 4.30. The van der Waals surface area contributed by atoms with E-state index in [0.717, 1.165) is 4.90 Å². The second-order valence-electron chi connectivity index (χ2n) is 5.55. The Morgan fingerprint density at radius 3 is 1.80 bits per heavy atom. The molecule has 1 heterocycles. The van der Waals surface area contributed by atoms with E-state index in [2.05, 4.69) is 10.6 Å². The van der Waals surface area contributed by atoms with Crippen LogP contribution in [-0.4, -0.2) is 35.1 Å². The Labute approximate surface area is 143 Å². The van der Waals surface area contributed by atoms with Gasteiger partial charge in [-0.15, -0.1) is 0 Å². The molecule has 7 nitrogen and oxygen atoms in total. The van der Waals surface area contributed by atoms with Crippen molar-refractivity contribution in [1.82, 2.24) is 4.90 Å². The van der Waals surface area contributed by atoms with Gasteiger partial charge in [0.15, 0.2) is 0 Å². The van der Waals surface area contributed by atoms with Crippen molar-refractivity contribution in [3.63, 3.8) is 0 Å². The molecular formula is C18H15N3O4. The molecule has 0 fully saturated rings. The summed E-state index contributed by atoms with van der Waals surface area (Å²) in [5.74, 6) is -1.63. The quantitative estimate of drug-likeness (QED) is 0.833. The summed E-state index contributed by atoms with van der Waals surface area (Å²) in [5.41, 5.74) is 1.71. The van der Waals surface area contributed by atoms with Gasteiger partial charge in [0, 0.05) is 18.3 Å². The second-order valence-corrected chi connectivity index (χ2v) is 5.55. The third kappa shape index (κ3) is 3.40. The maximum atomic E-state index is 12.2. The zero-order chi connectivity index (χ0) is 18.0. The lowest BCUT2D eigenvalue weighted by molar-refractivity contribution is -0.116. The van der Waals surface area contributed by atoms with Crippen molar-refractivity contribution >= 4 is 35.0 Å². The largest absolute Gasteiger partial charge is 0.326 e. The first kappa shape index (κ1) is 16.4. The summed E-state index contributed by atoms with van der Waals surface area (Å²) >= 11 is 0. The first-order valence-corrected chi connectivity index (χ1v) is 7.58. The minimum absolute atomic E-state index is 0.192. The van der Waals surface area contributed by atoms with E-state index in [1.807, 2.05) is 0 Å². The van der Waals surface area contributed by atoms with E-state index >= 15 is 0 Å². The molecule has 3 rings (SSSR count). The van der Waals surface area contributed by atoms with Crippen LogP contribution in [0.4, 0.5) is 11.4 Å². The van der Waals surface area contributed by atoms with E-state index in [9.17, 15) is 19.2 Å². The highest BCUT2D eigenvalue weighted by Gasteiger charge is 2.36. The summed E-state index contributed by atoms with van der Waals surface area (Å²) in [6.45, 7) is 1.04. The molecule has 126 valence electrons. The fourth-order valence-corrected chi connectivity index (χ4v) is 2.57. The smallest absolute Gasteiger partial charge is 0.262 e. The van der Waals surface area contributed by atoms with Crippen LogP contribution in [0.3, 0.4) is 0 Å². The Balaban J connectivity index is 1.65. The van der Waals surface area contributed by atoms with Crippen LogP contribution in [0.5, 0.6) is 0 Å². The van der Waals surface area contributed by atoms with E-state index < -0.39 is 17.7 Å². The van der Waals surface area contributed by atoms with Gasteiger partial charge in [0.1, 0.15) is 6.54 Å². The highest BCUT2D eigenvalue weighted by Crippen LogP contribution is 2.22. The first-order chi connectivity index (χ1) is 12.0. The molecule has 1 aliphatic heterocycles. The number of nitrogens with zero attached hydrogens (tertiary/aromatic N) is 1. The topological polar surface area (TPSA) is 95.6 Å². The number of hydrogen-bond acceptors (Lipinski definition) is 4. The van der Waals surface area contributed by atoms with Gasteiger partial charge in [0.05, 0.1) is 11.1 Å². The summed E-state index contributed by atoms with van der Waals surface area (Å²) in [6, 6.07) is 13.0. The Hall–Kier alpha value is -3.48. The van der Waals surface area contributed by atoms with Crippen LogP contribution in [0.25, 0.3) is 0 Å². The van der Waals surface area contributed by atoms with E-state index in [-0.39, 0.29) is 12.5 Å². The van der Waals surface area contributed by atoms with E-state index in [0.29, 0.717) is 22.5 Å². The van der Waals surface area contributed by atoms with Gasteiger partial charge in [-0.05, 0) is 36.4 Å². The molecule has 2 aromatic carbocycles. The molecule has 0 saturated carbocycles. The SMILES string of the molecule is CC(=O)Nc1ccc(NC(=O)CN2C(=O)c3ccccc3C2=O)cc1. The minimum Gasteiger partial charge on any atom is -0.326 e. The molecule has 0 aliphatic carbocycles. The van der Waals surface area contributed by atoms with E-state index in [1.165, 1.54) is 6.92 Å². The predicted octanol–water partition coefficient (Wildman–Crippen LogP) is 1.88. The number of imide groups is 1. The summed E-state index contributed by atoms with van der Waals surface area (Å²) in [4.78, 5) is 48.5. The molecule has 0 spiro atoms. The van der Waals surface area contributed by atoms with Crippen LogP contribution in [0.2, 0.25) is 0 Å². The Morgan fingerprint density at radius 1 is 0.840 bits per heavy atom. The lowest BCUT2D eigenvalue weighted by atomic mass is 10.1. The molecule has 2 N–H and O–H groups in total. The molecule has 25 heavy (non-hydrogen) atoms. The average Bonchev–Trinajstić information content (AvgIpc) is 2.82. The van der Waals surface area contributed by atoms with Gasteiger partial charge in [0.2, 0.25) is 11.8 Å². The number of nitrogens with one attached hydrogen (secondary N) is 2. The van der Waals surface area contributed by atoms with Crippen molar-refractivity contribution in [2.75, 3.05) is 17.2 Å². The number of carbonyl (C=O) groups is 4. The molecule has 0 aromatic heterocycles. The third-order valence-electron chi connectivity index (χ3n) is 3.67. The van der Waals surface area contributed by atoms with Crippen molar-refractivity contribution in [3.05, 3.63) is 59.7 Å². The van der Waals surface area contributed by atoms with Gasteiger partial charge >= 0.3 is 0 Å². The molecule has 0 saturated heterocycles. The van der Waals surface area contributed by atoms with E-state index in [4.69, 9.17) is 0 Å². The van der Waals surface area contributed by atoms with Gasteiger partial charge in [-0.2, -0.15) is 0 Å². The summed E-state index contributed by atoms with van der Waals surface area (Å²) in [5, 5.41) is 5.24. The Bertz CT molecular complexity index is 839. The zero-order valence-electron chi connectivity index (χ0n) is 13.4. The average molecular weight is 337 g/mol. The standard InChI is InChI=1S/C18H15N3O4/c1-11(22)19-12-6-8-13(9-7-12)20-16(23)10-21-17(24)14-4-2-3-5-15(14)18(21)25/h2-9H,10H2,1H3,(H,19,22)(H,20,23). The number of anilines is 2. The van der Waals surface area contributed by atoms with Crippen molar-refractivity contribution < 1.29 is 19.2 Å². The fourth-order valence-electron chi connectivity index (χ4n) is 2.57. The normalized spacial score (nSPS) is 12.8. The first-order valence-electron chi connectivity index (χ1n) is 7.58. The Morgan fingerprint density at radius 2 is 1.32 bits per heavy atom. The monoisotopic (exact) mass is 337 g/mol. The third-order valence-corrected chi connectivity index (χ3v) is 3.67. The van der Waals surface area contributed by atoms with Gasteiger partial charge < -0.3 is 10.6 Å². The maximum absolute atomic E-state index is 12.2. The van der Waals surface area contributed by atoms with Crippen LogP contribution < -0.4 is 10.6 Å². The van der Waals surface area contributed by atoms with Crippen LogP contribution in [-0.2, 0) is 9.59 Å². The number of carbonyl (C=O) groups excluding carboxylic acids is 4.